The lowest BCUT2D eigenvalue weighted by Crippen LogP contribution is -2.42. The first-order valence-corrected chi connectivity index (χ1v) is 11.9. The summed E-state index contributed by atoms with van der Waals surface area (Å²) >= 11 is 6.13. The quantitative estimate of drug-likeness (QED) is 0.517. The molecular weight excluding hydrogens is 482 g/mol. The molecule has 1 saturated heterocycles. The molecule has 5 rings (SSSR count). The number of benzene rings is 2. The summed E-state index contributed by atoms with van der Waals surface area (Å²) in [5.41, 5.74) is 2.15. The Balaban J connectivity index is 1.76. The predicted molar refractivity (Wildman–Crippen MR) is 139 cm³/mol. The Kier molecular flexibility index (Phi) is 5.83. The SMILES string of the molecule is COc1cc([C@@H]2c3cnn(C(C)(C)C)c3N=C3NC(=O)N(c4ccc(Cl)cc4)[C@H]32)cc(OC)c1OC. The Hall–Kier alpha value is -3.72. The standard InChI is InChI=1S/C26H28ClN5O4/c1-26(2,3)32-24-17(13-28-32)20(14-11-18(34-4)22(36-6)19(12-14)35-5)21-23(29-24)30-25(33)31(21)16-9-7-15(27)8-10-16/h7-13,20-21H,1-6H3,(H,29,30,33)/t20-,21+/m1/s1. The maximum absolute atomic E-state index is 13.3. The summed E-state index contributed by atoms with van der Waals surface area (Å²) in [4.78, 5) is 19.9. The second-order valence-electron chi connectivity index (χ2n) is 9.66. The van der Waals surface area contributed by atoms with Gasteiger partial charge in [-0.25, -0.2) is 14.5 Å². The van der Waals surface area contributed by atoms with Gasteiger partial charge in [0.05, 0.1) is 33.1 Å². The number of halogens is 1. The largest absolute Gasteiger partial charge is 0.493 e. The van der Waals surface area contributed by atoms with Crippen LogP contribution in [0, 0.1) is 0 Å². The number of ether oxygens (including phenoxy) is 3. The number of nitrogens with one attached hydrogen (secondary N) is 1. The number of carbonyl (C=O) groups is 1. The van der Waals surface area contributed by atoms with E-state index in [-0.39, 0.29) is 17.5 Å². The van der Waals surface area contributed by atoms with Gasteiger partial charge >= 0.3 is 6.03 Å². The molecular formula is C26H28ClN5O4. The molecule has 9 nitrogen and oxygen atoms in total. The second kappa shape index (κ2) is 8.74. The molecule has 188 valence electrons. The number of rotatable bonds is 5. The summed E-state index contributed by atoms with van der Waals surface area (Å²) in [6.45, 7) is 6.19. The van der Waals surface area contributed by atoms with E-state index < -0.39 is 6.04 Å². The summed E-state index contributed by atoms with van der Waals surface area (Å²) in [5, 5.41) is 8.27. The van der Waals surface area contributed by atoms with Crippen LogP contribution in [-0.4, -0.2) is 49.0 Å². The molecule has 0 radical (unpaired) electrons. The van der Waals surface area contributed by atoms with Crippen molar-refractivity contribution < 1.29 is 19.0 Å². The first-order valence-electron chi connectivity index (χ1n) is 11.5. The third-order valence-electron chi connectivity index (χ3n) is 6.45. The fourth-order valence-electron chi connectivity index (χ4n) is 4.88. The number of amidine groups is 1. The average Bonchev–Trinajstić information content (AvgIpc) is 3.42. The predicted octanol–water partition coefficient (Wildman–Crippen LogP) is 5.09. The van der Waals surface area contributed by atoms with E-state index in [4.69, 9.17) is 35.9 Å². The molecule has 2 atom stereocenters. The second-order valence-corrected chi connectivity index (χ2v) is 10.1. The molecule has 36 heavy (non-hydrogen) atoms. The van der Waals surface area contributed by atoms with Crippen LogP contribution in [0.2, 0.25) is 5.02 Å². The number of hydrogen-bond donors (Lipinski definition) is 1. The van der Waals surface area contributed by atoms with Gasteiger partial charge in [-0.3, -0.25) is 10.2 Å². The fourth-order valence-corrected chi connectivity index (χ4v) is 5.00. The number of urea groups is 1. The normalized spacial score (nSPS) is 18.8. The Labute approximate surface area is 214 Å². The molecule has 0 unspecified atom stereocenters. The molecule has 2 aliphatic heterocycles. The van der Waals surface area contributed by atoms with Gasteiger partial charge in [0.1, 0.15) is 11.9 Å². The molecule has 0 spiro atoms. The number of anilines is 1. The summed E-state index contributed by atoms with van der Waals surface area (Å²) in [6.07, 6.45) is 1.83. The van der Waals surface area contributed by atoms with Gasteiger partial charge < -0.3 is 14.2 Å². The Morgan fingerprint density at radius 3 is 2.19 bits per heavy atom. The van der Waals surface area contributed by atoms with E-state index >= 15 is 0 Å². The highest BCUT2D eigenvalue weighted by Gasteiger charge is 2.48. The van der Waals surface area contributed by atoms with Crippen LogP contribution in [-0.2, 0) is 5.54 Å². The van der Waals surface area contributed by atoms with E-state index in [1.165, 1.54) is 0 Å². The van der Waals surface area contributed by atoms with Gasteiger partial charge in [-0.05, 0) is 62.7 Å². The molecule has 1 aromatic heterocycles. The fraction of sp³-hybridized carbons (Fsp3) is 0.346. The Morgan fingerprint density at radius 2 is 1.64 bits per heavy atom. The van der Waals surface area contributed by atoms with E-state index in [1.54, 1.807) is 38.4 Å². The Morgan fingerprint density at radius 1 is 1.00 bits per heavy atom. The van der Waals surface area contributed by atoms with Crippen LogP contribution < -0.4 is 24.4 Å². The monoisotopic (exact) mass is 509 g/mol. The van der Waals surface area contributed by atoms with Gasteiger partial charge in [-0.1, -0.05) is 11.6 Å². The van der Waals surface area contributed by atoms with E-state index in [0.29, 0.717) is 39.6 Å². The van der Waals surface area contributed by atoms with E-state index in [0.717, 1.165) is 11.1 Å². The number of aromatic nitrogens is 2. The number of aliphatic imine (C=N–C) groups is 1. The van der Waals surface area contributed by atoms with Crippen molar-refractivity contribution in [2.45, 2.75) is 38.3 Å². The molecule has 1 fully saturated rings. The summed E-state index contributed by atoms with van der Waals surface area (Å²) < 4.78 is 18.7. The number of carbonyl (C=O) groups excluding carboxylic acids is 1. The van der Waals surface area contributed by atoms with Gasteiger partial charge in [0.2, 0.25) is 5.75 Å². The smallest absolute Gasteiger partial charge is 0.328 e. The zero-order chi connectivity index (χ0) is 25.8. The number of fused-ring (bicyclic) bond motifs is 2. The van der Waals surface area contributed by atoms with E-state index in [1.807, 2.05) is 35.1 Å². The van der Waals surface area contributed by atoms with Crippen molar-refractivity contribution in [1.82, 2.24) is 15.1 Å². The molecule has 0 aliphatic carbocycles. The third kappa shape index (κ3) is 3.74. The number of hydrogen-bond acceptors (Lipinski definition) is 6. The van der Waals surface area contributed by atoms with Crippen molar-refractivity contribution in [3.63, 3.8) is 0 Å². The molecule has 3 heterocycles. The van der Waals surface area contributed by atoms with Crippen LogP contribution in [0.1, 0.15) is 37.8 Å². The first kappa shape index (κ1) is 24.0. The van der Waals surface area contributed by atoms with Crippen LogP contribution in [0.5, 0.6) is 17.2 Å². The van der Waals surface area contributed by atoms with E-state index in [2.05, 4.69) is 26.1 Å². The van der Waals surface area contributed by atoms with Crippen molar-refractivity contribution in [2.75, 3.05) is 26.2 Å². The van der Waals surface area contributed by atoms with Crippen LogP contribution in [0.3, 0.4) is 0 Å². The van der Waals surface area contributed by atoms with Crippen molar-refractivity contribution >= 4 is 35.0 Å². The number of amides is 2. The summed E-state index contributed by atoms with van der Waals surface area (Å²) in [5.74, 6) is 2.46. The van der Waals surface area contributed by atoms with Gasteiger partial charge in [0, 0.05) is 22.2 Å². The van der Waals surface area contributed by atoms with Crippen molar-refractivity contribution in [3.05, 3.63) is 58.7 Å². The lowest BCUT2D eigenvalue weighted by molar-refractivity contribution is 0.252. The zero-order valence-electron chi connectivity index (χ0n) is 21.0. The zero-order valence-corrected chi connectivity index (χ0v) is 21.8. The molecule has 3 aromatic rings. The van der Waals surface area contributed by atoms with Gasteiger partial charge in [0.15, 0.2) is 17.3 Å². The van der Waals surface area contributed by atoms with Crippen molar-refractivity contribution in [2.24, 2.45) is 4.99 Å². The van der Waals surface area contributed by atoms with Gasteiger partial charge in [-0.15, -0.1) is 0 Å². The highest BCUT2D eigenvalue weighted by Crippen LogP contribution is 2.48. The molecule has 0 saturated carbocycles. The van der Waals surface area contributed by atoms with Gasteiger partial charge in [0.25, 0.3) is 0 Å². The minimum Gasteiger partial charge on any atom is -0.493 e. The molecule has 2 amide bonds. The maximum Gasteiger partial charge on any atom is 0.328 e. The highest BCUT2D eigenvalue weighted by atomic mass is 35.5. The van der Waals surface area contributed by atoms with Gasteiger partial charge in [-0.2, -0.15) is 5.10 Å². The maximum atomic E-state index is 13.3. The van der Waals surface area contributed by atoms with Crippen LogP contribution >= 0.6 is 11.6 Å². The molecule has 10 heteroatoms. The topological polar surface area (TPSA) is 90.2 Å². The summed E-state index contributed by atoms with van der Waals surface area (Å²) in [6, 6.07) is 10.3. The highest BCUT2D eigenvalue weighted by molar-refractivity contribution is 6.30. The molecule has 1 N–H and O–H groups in total. The minimum absolute atomic E-state index is 0.265. The lowest BCUT2D eigenvalue weighted by Gasteiger charge is -2.34. The molecule has 2 aliphatic rings. The molecule has 0 bridgehead atoms. The average molecular weight is 510 g/mol. The van der Waals surface area contributed by atoms with E-state index in [9.17, 15) is 4.79 Å². The Bertz CT molecular complexity index is 1330. The first-order chi connectivity index (χ1) is 17.2. The van der Waals surface area contributed by atoms with Crippen LogP contribution in [0.4, 0.5) is 16.3 Å². The summed E-state index contributed by atoms with van der Waals surface area (Å²) in [7, 11) is 4.73. The van der Waals surface area contributed by atoms with Crippen molar-refractivity contribution in [3.8, 4) is 17.2 Å². The number of methoxy groups -OCH3 is 3. The van der Waals surface area contributed by atoms with Crippen LogP contribution in [0.25, 0.3) is 0 Å². The van der Waals surface area contributed by atoms with Crippen molar-refractivity contribution in [1.29, 1.82) is 0 Å². The molecule has 2 aromatic carbocycles. The minimum atomic E-state index is -0.452. The third-order valence-corrected chi connectivity index (χ3v) is 6.70. The lowest BCUT2D eigenvalue weighted by atomic mass is 9.83. The number of nitrogens with zero attached hydrogens (tertiary/aromatic N) is 4. The van der Waals surface area contributed by atoms with Crippen LogP contribution in [0.15, 0.2) is 47.6 Å².